The van der Waals surface area contributed by atoms with Crippen LogP contribution in [-0.4, -0.2) is 5.71 Å². The minimum absolute atomic E-state index is 0.452. The van der Waals surface area contributed by atoms with E-state index in [0.29, 0.717) is 37.2 Å². The number of nitrogens with one attached hydrogen (secondary N) is 3. The van der Waals surface area contributed by atoms with Gasteiger partial charge in [-0.25, -0.2) is 0 Å². The number of hydrazine groups is 1. The van der Waals surface area contributed by atoms with Crippen molar-refractivity contribution in [2.45, 2.75) is 6.92 Å². The normalized spacial score (nSPS) is 11.1. The number of nitrogens with zero attached hydrogens (tertiary/aromatic N) is 1. The van der Waals surface area contributed by atoms with E-state index < -0.39 is 0 Å². The van der Waals surface area contributed by atoms with Gasteiger partial charge in [-0.05, 0) is 43.3 Å². The molecule has 2 aromatic carbocycles. The van der Waals surface area contributed by atoms with E-state index in [2.05, 4.69) is 28.0 Å². The summed E-state index contributed by atoms with van der Waals surface area (Å²) in [6, 6.07) is 10.3. The number of hydrogen-bond acceptors (Lipinski definition) is 4. The number of allylic oxidation sites excluding steroid dienone is 1. The van der Waals surface area contributed by atoms with Gasteiger partial charge in [0.25, 0.3) is 0 Å². The van der Waals surface area contributed by atoms with E-state index in [9.17, 15) is 0 Å². The predicted octanol–water partition coefficient (Wildman–Crippen LogP) is 6.22. The van der Waals surface area contributed by atoms with Gasteiger partial charge in [-0.1, -0.05) is 53.0 Å². The van der Waals surface area contributed by atoms with E-state index in [1.807, 2.05) is 0 Å². The lowest BCUT2D eigenvalue weighted by Crippen LogP contribution is -2.24. The van der Waals surface area contributed by atoms with Crippen LogP contribution in [0.5, 0.6) is 0 Å². The van der Waals surface area contributed by atoms with Gasteiger partial charge in [-0.15, -0.1) is 0 Å². The van der Waals surface area contributed by atoms with Crippen molar-refractivity contribution in [1.82, 2.24) is 5.43 Å². The van der Waals surface area contributed by atoms with Gasteiger partial charge in [-0.2, -0.15) is 5.10 Å². The number of benzene rings is 2. The Kier molecular flexibility index (Phi) is 6.63. The monoisotopic (exact) mass is 402 g/mol. The highest BCUT2D eigenvalue weighted by molar-refractivity contribution is 6.42. The zero-order valence-corrected chi connectivity index (χ0v) is 15.7. The quantitative estimate of drug-likeness (QED) is 0.396. The second kappa shape index (κ2) is 8.49. The lowest BCUT2D eigenvalue weighted by atomic mass is 10.3. The molecule has 0 radical (unpaired) electrons. The molecule has 0 spiro atoms. The Hall–Kier alpha value is -1.59. The third-order valence-electron chi connectivity index (χ3n) is 2.99. The minimum Gasteiger partial charge on any atom is -0.301 e. The molecule has 0 unspecified atom stereocenters. The van der Waals surface area contributed by atoms with Gasteiger partial charge in [0.15, 0.2) is 0 Å². The maximum Gasteiger partial charge on any atom is 0.0818 e. The molecule has 0 fully saturated rings. The molecule has 0 saturated heterocycles. The van der Waals surface area contributed by atoms with Crippen LogP contribution in [0.3, 0.4) is 0 Å². The van der Waals surface area contributed by atoms with E-state index in [1.165, 1.54) is 0 Å². The van der Waals surface area contributed by atoms with Gasteiger partial charge in [0.2, 0.25) is 0 Å². The topological polar surface area (TPSA) is 48.5 Å². The van der Waals surface area contributed by atoms with Crippen molar-refractivity contribution in [3.8, 4) is 0 Å². The molecular formula is C16H14Cl4N4. The molecule has 4 nitrogen and oxygen atoms in total. The van der Waals surface area contributed by atoms with Crippen molar-refractivity contribution in [2.24, 2.45) is 5.10 Å². The van der Waals surface area contributed by atoms with Crippen LogP contribution in [-0.2, 0) is 0 Å². The van der Waals surface area contributed by atoms with Crippen molar-refractivity contribution < 1.29 is 0 Å². The molecule has 0 aliphatic rings. The first kappa shape index (κ1) is 18.7. The summed E-state index contributed by atoms with van der Waals surface area (Å²) in [7, 11) is 0. The highest BCUT2D eigenvalue weighted by atomic mass is 35.5. The Morgan fingerprint density at radius 1 is 0.875 bits per heavy atom. The van der Waals surface area contributed by atoms with Gasteiger partial charge < -0.3 is 5.43 Å². The average Bonchev–Trinajstić information content (AvgIpc) is 2.56. The second-order valence-corrected chi connectivity index (χ2v) is 6.42. The van der Waals surface area contributed by atoms with Crippen LogP contribution in [0.15, 0.2) is 53.8 Å². The molecule has 0 aliphatic heterocycles. The summed E-state index contributed by atoms with van der Waals surface area (Å²) in [5.74, 6) is 0. The third kappa shape index (κ3) is 5.21. The molecule has 0 saturated carbocycles. The Balaban J connectivity index is 1.93. The summed E-state index contributed by atoms with van der Waals surface area (Å²) in [6.45, 7) is 5.70. The number of hydrazone groups is 1. The van der Waals surface area contributed by atoms with Crippen LogP contribution in [0.2, 0.25) is 20.1 Å². The molecular weight excluding hydrogens is 390 g/mol. The fourth-order valence-corrected chi connectivity index (χ4v) is 2.19. The molecule has 0 aliphatic carbocycles. The largest absolute Gasteiger partial charge is 0.301 e. The van der Waals surface area contributed by atoms with E-state index in [-0.39, 0.29) is 0 Å². The van der Waals surface area contributed by atoms with Crippen molar-refractivity contribution in [3.05, 3.63) is 68.8 Å². The molecule has 0 bridgehead atoms. The van der Waals surface area contributed by atoms with Gasteiger partial charge in [0, 0.05) is 0 Å². The number of hydrogen-bond donors (Lipinski definition) is 3. The Bertz CT molecular complexity index is 790. The van der Waals surface area contributed by atoms with Gasteiger partial charge in [0.05, 0.1) is 42.9 Å². The van der Waals surface area contributed by atoms with Gasteiger partial charge in [-0.3, -0.25) is 10.9 Å². The van der Waals surface area contributed by atoms with Crippen LogP contribution in [0.4, 0.5) is 11.4 Å². The molecule has 2 aromatic rings. The fraction of sp³-hybridized carbons (Fsp3) is 0.0625. The van der Waals surface area contributed by atoms with Crippen molar-refractivity contribution in [2.75, 3.05) is 10.9 Å². The first-order valence-electron chi connectivity index (χ1n) is 6.78. The highest BCUT2D eigenvalue weighted by Crippen LogP contribution is 2.25. The zero-order valence-electron chi connectivity index (χ0n) is 12.6. The minimum atomic E-state index is 0.452. The summed E-state index contributed by atoms with van der Waals surface area (Å²) in [4.78, 5) is 0. The first-order chi connectivity index (χ1) is 11.4. The Labute approximate surface area is 160 Å². The zero-order chi connectivity index (χ0) is 17.7. The summed E-state index contributed by atoms with van der Waals surface area (Å²) in [5.41, 5.74) is 11.5. The van der Waals surface area contributed by atoms with Crippen molar-refractivity contribution in [3.63, 3.8) is 0 Å². The van der Waals surface area contributed by atoms with Crippen molar-refractivity contribution >= 4 is 63.5 Å². The SMILES string of the molecule is C=C(NNc1ccc(Cl)c(Cl)c1)/C(C)=N/Nc1ccc(Cl)c(Cl)c1. The number of anilines is 2. The molecule has 0 aromatic heterocycles. The molecule has 0 heterocycles. The summed E-state index contributed by atoms with van der Waals surface area (Å²) < 4.78 is 0. The third-order valence-corrected chi connectivity index (χ3v) is 4.46. The van der Waals surface area contributed by atoms with E-state index in [1.54, 1.807) is 43.3 Å². The maximum atomic E-state index is 5.96. The molecule has 8 heteroatoms. The van der Waals surface area contributed by atoms with Gasteiger partial charge in [0.1, 0.15) is 0 Å². The molecule has 24 heavy (non-hydrogen) atoms. The molecule has 0 amide bonds. The van der Waals surface area contributed by atoms with E-state index >= 15 is 0 Å². The van der Waals surface area contributed by atoms with Crippen LogP contribution in [0, 0.1) is 0 Å². The smallest absolute Gasteiger partial charge is 0.0818 e. The fourth-order valence-electron chi connectivity index (χ4n) is 1.59. The molecule has 2 rings (SSSR count). The second-order valence-electron chi connectivity index (χ2n) is 4.80. The summed E-state index contributed by atoms with van der Waals surface area (Å²) >= 11 is 23.6. The molecule has 3 N–H and O–H groups in total. The Morgan fingerprint density at radius 2 is 1.42 bits per heavy atom. The average molecular weight is 404 g/mol. The van der Waals surface area contributed by atoms with Crippen LogP contribution in [0.1, 0.15) is 6.92 Å². The lowest BCUT2D eigenvalue weighted by Gasteiger charge is -2.13. The maximum absolute atomic E-state index is 5.96. The standard InChI is InChI=1S/C16H14Cl4N4/c1-9(21-23-11-3-5-13(17)15(19)7-11)10(2)22-24-12-4-6-14(18)16(20)8-12/h3-8,21,23-24H,1H2,2H3/b22-10+. The molecule has 0 atom stereocenters. The van der Waals surface area contributed by atoms with Gasteiger partial charge >= 0.3 is 0 Å². The summed E-state index contributed by atoms with van der Waals surface area (Å²) in [6.07, 6.45) is 0. The number of rotatable bonds is 6. The van der Waals surface area contributed by atoms with Crippen LogP contribution < -0.4 is 16.3 Å². The Morgan fingerprint density at radius 3 is 2.00 bits per heavy atom. The van der Waals surface area contributed by atoms with Crippen LogP contribution in [0.25, 0.3) is 0 Å². The predicted molar refractivity (Wildman–Crippen MR) is 106 cm³/mol. The van der Waals surface area contributed by atoms with Crippen LogP contribution >= 0.6 is 46.4 Å². The number of halogens is 4. The molecule has 126 valence electrons. The highest BCUT2D eigenvalue weighted by Gasteiger charge is 2.02. The lowest BCUT2D eigenvalue weighted by molar-refractivity contribution is 1.01. The van der Waals surface area contributed by atoms with E-state index in [4.69, 9.17) is 46.4 Å². The first-order valence-corrected chi connectivity index (χ1v) is 8.29. The van der Waals surface area contributed by atoms with Crippen molar-refractivity contribution in [1.29, 1.82) is 0 Å². The summed E-state index contributed by atoms with van der Waals surface area (Å²) in [5, 5.41) is 6.11. The van der Waals surface area contributed by atoms with E-state index in [0.717, 1.165) is 5.69 Å².